The normalized spacial score (nSPS) is 11.5. The van der Waals surface area contributed by atoms with Crippen molar-refractivity contribution in [2.45, 2.75) is 0 Å². The number of rotatable bonds is 5. The van der Waals surface area contributed by atoms with Gasteiger partial charge in [-0.15, -0.1) is 0 Å². The fourth-order valence-electron chi connectivity index (χ4n) is 7.11. The molecule has 0 aliphatic rings. The molecule has 0 unspecified atom stereocenters. The number of para-hydroxylation sites is 1. The molecule has 0 saturated carbocycles. The highest BCUT2D eigenvalue weighted by atomic mass is 16.3. The maximum Gasteiger partial charge on any atom is 0.164 e. The van der Waals surface area contributed by atoms with Crippen LogP contribution in [0.2, 0.25) is 0 Å². The van der Waals surface area contributed by atoms with Crippen LogP contribution in [0.3, 0.4) is 0 Å². The Hall–Kier alpha value is -6.98. The Morgan fingerprint density at radius 3 is 1.59 bits per heavy atom. The minimum atomic E-state index is 0.619. The van der Waals surface area contributed by atoms with E-state index in [0.29, 0.717) is 17.5 Å². The predicted molar refractivity (Wildman–Crippen MR) is 207 cm³/mol. The lowest BCUT2D eigenvalue weighted by atomic mass is 9.94. The summed E-state index contributed by atoms with van der Waals surface area (Å²) in [6.45, 7) is 0. The first-order valence-electron chi connectivity index (χ1n) is 17.0. The quantitative estimate of drug-likeness (QED) is 0.185. The van der Waals surface area contributed by atoms with E-state index in [-0.39, 0.29) is 0 Å². The molecule has 0 amide bonds. The van der Waals surface area contributed by atoms with Crippen molar-refractivity contribution < 1.29 is 4.42 Å². The van der Waals surface area contributed by atoms with Gasteiger partial charge in [-0.3, -0.25) is 0 Å². The lowest BCUT2D eigenvalue weighted by molar-refractivity contribution is 0.672. The van der Waals surface area contributed by atoms with Crippen LogP contribution in [0.1, 0.15) is 0 Å². The van der Waals surface area contributed by atoms with Crippen LogP contribution >= 0.6 is 0 Å². The molecule has 0 atom stereocenters. The van der Waals surface area contributed by atoms with Gasteiger partial charge in [0.15, 0.2) is 17.5 Å². The number of pyridine rings is 1. The second-order valence-corrected chi connectivity index (χ2v) is 12.6. The zero-order valence-corrected chi connectivity index (χ0v) is 27.4. The first-order chi connectivity index (χ1) is 25.3. The summed E-state index contributed by atoms with van der Waals surface area (Å²) < 4.78 is 6.74. The van der Waals surface area contributed by atoms with Crippen LogP contribution in [0.4, 0.5) is 0 Å². The van der Waals surface area contributed by atoms with Crippen molar-refractivity contribution in [3.05, 3.63) is 170 Å². The topological polar surface area (TPSA) is 64.7 Å². The molecule has 0 bridgehead atoms. The molecule has 10 aromatic rings. The zero-order valence-electron chi connectivity index (χ0n) is 27.4. The van der Waals surface area contributed by atoms with Gasteiger partial charge in [0.05, 0.1) is 22.0 Å². The highest BCUT2D eigenvalue weighted by Gasteiger charge is 2.21. The predicted octanol–water partition coefficient (Wildman–Crippen LogP) is 11.8. The van der Waals surface area contributed by atoms with Crippen molar-refractivity contribution >= 4 is 43.6 Å². The summed E-state index contributed by atoms with van der Waals surface area (Å²) in [5.41, 5.74) is 9.44. The molecular formula is C46H28N4O. The minimum Gasteiger partial charge on any atom is -0.455 e. The summed E-state index contributed by atoms with van der Waals surface area (Å²) in [6.07, 6.45) is 0. The van der Waals surface area contributed by atoms with Crippen molar-refractivity contribution in [1.82, 2.24) is 19.9 Å². The van der Waals surface area contributed by atoms with Crippen LogP contribution in [-0.4, -0.2) is 19.9 Å². The number of benzene rings is 7. The number of furan rings is 1. The SMILES string of the molecule is c1ccc(-c2nc(-c3ccccc3)nc(-c3ccc(-c4cccc5nc(-c6cccc7ccccc67)c6c7ccccc7oc6c45)cc3)n2)cc1. The van der Waals surface area contributed by atoms with Crippen LogP contribution in [0.15, 0.2) is 174 Å². The van der Waals surface area contributed by atoms with Crippen molar-refractivity contribution in [2.75, 3.05) is 0 Å². The third kappa shape index (κ3) is 4.94. The molecule has 0 spiro atoms. The number of hydrogen-bond acceptors (Lipinski definition) is 5. The molecule has 0 saturated heterocycles. The third-order valence-electron chi connectivity index (χ3n) is 9.53. The number of nitrogens with zero attached hydrogens (tertiary/aromatic N) is 4. The smallest absolute Gasteiger partial charge is 0.164 e. The van der Waals surface area contributed by atoms with Gasteiger partial charge in [0, 0.05) is 27.6 Å². The van der Waals surface area contributed by atoms with E-state index in [9.17, 15) is 0 Å². The van der Waals surface area contributed by atoms with Gasteiger partial charge in [-0.05, 0) is 34.0 Å². The maximum atomic E-state index is 6.74. The van der Waals surface area contributed by atoms with Gasteiger partial charge in [0.2, 0.25) is 0 Å². The summed E-state index contributed by atoms with van der Waals surface area (Å²) in [5.74, 6) is 1.89. The van der Waals surface area contributed by atoms with Gasteiger partial charge >= 0.3 is 0 Å². The van der Waals surface area contributed by atoms with Crippen LogP contribution in [0.5, 0.6) is 0 Å². The summed E-state index contributed by atoms with van der Waals surface area (Å²) in [7, 11) is 0. The lowest BCUT2D eigenvalue weighted by Gasteiger charge is -2.13. The fraction of sp³-hybridized carbons (Fsp3) is 0. The molecule has 3 aromatic heterocycles. The average molecular weight is 653 g/mol. The van der Waals surface area contributed by atoms with Crippen molar-refractivity contribution in [3.8, 4) is 56.5 Å². The second-order valence-electron chi connectivity index (χ2n) is 12.6. The standard InChI is InChI=1S/C46H28N4O/c1-3-14-31(15-4-1)44-48-45(32-16-5-2-6-17-32)50-46(49-44)33-27-25-30(26-28-33)35-21-12-23-38-40(35)43-41(37-20-9-10-24-39(37)51-43)42(47-38)36-22-11-18-29-13-7-8-19-34(29)36/h1-28H. The molecule has 5 nitrogen and oxygen atoms in total. The molecule has 0 aliphatic heterocycles. The lowest BCUT2D eigenvalue weighted by Crippen LogP contribution is -2.00. The van der Waals surface area contributed by atoms with E-state index in [2.05, 4.69) is 97.1 Å². The number of fused-ring (bicyclic) bond motifs is 6. The van der Waals surface area contributed by atoms with E-state index in [1.807, 2.05) is 72.8 Å². The summed E-state index contributed by atoms with van der Waals surface area (Å²) >= 11 is 0. The molecule has 0 N–H and O–H groups in total. The monoisotopic (exact) mass is 652 g/mol. The molecule has 3 heterocycles. The fourth-order valence-corrected chi connectivity index (χ4v) is 7.11. The average Bonchev–Trinajstić information content (AvgIpc) is 3.61. The second kappa shape index (κ2) is 11.9. The zero-order chi connectivity index (χ0) is 33.7. The van der Waals surface area contributed by atoms with Crippen molar-refractivity contribution in [3.63, 3.8) is 0 Å². The van der Waals surface area contributed by atoms with Crippen LogP contribution in [0, 0.1) is 0 Å². The molecule has 7 aromatic carbocycles. The molecule has 0 fully saturated rings. The summed E-state index contributed by atoms with van der Waals surface area (Å²) in [5, 5.41) is 5.39. The highest BCUT2D eigenvalue weighted by molar-refractivity contribution is 6.23. The molecule has 5 heteroatoms. The van der Waals surface area contributed by atoms with E-state index in [0.717, 1.165) is 77.3 Å². The van der Waals surface area contributed by atoms with Gasteiger partial charge in [0.1, 0.15) is 11.2 Å². The first-order valence-corrected chi connectivity index (χ1v) is 17.0. The van der Waals surface area contributed by atoms with Gasteiger partial charge in [-0.1, -0.05) is 158 Å². The van der Waals surface area contributed by atoms with E-state index in [1.165, 1.54) is 5.39 Å². The van der Waals surface area contributed by atoms with Crippen LogP contribution < -0.4 is 0 Å². The summed E-state index contributed by atoms with van der Waals surface area (Å²) in [4.78, 5) is 20.1. The van der Waals surface area contributed by atoms with Crippen LogP contribution in [-0.2, 0) is 0 Å². The summed E-state index contributed by atoms with van der Waals surface area (Å²) in [6, 6.07) is 57.9. The van der Waals surface area contributed by atoms with E-state index < -0.39 is 0 Å². The molecular weight excluding hydrogens is 625 g/mol. The third-order valence-corrected chi connectivity index (χ3v) is 9.53. The largest absolute Gasteiger partial charge is 0.455 e. The van der Waals surface area contributed by atoms with Gasteiger partial charge in [-0.2, -0.15) is 0 Å². The Morgan fingerprint density at radius 1 is 0.353 bits per heavy atom. The van der Waals surface area contributed by atoms with E-state index >= 15 is 0 Å². The van der Waals surface area contributed by atoms with Gasteiger partial charge in [0.25, 0.3) is 0 Å². The molecule has 0 aliphatic carbocycles. The highest BCUT2D eigenvalue weighted by Crippen LogP contribution is 2.44. The number of hydrogen-bond donors (Lipinski definition) is 0. The minimum absolute atomic E-state index is 0.619. The number of aromatic nitrogens is 4. The Kier molecular flexibility index (Phi) is 6.74. The Labute approximate surface area is 293 Å². The maximum absolute atomic E-state index is 6.74. The molecule has 0 radical (unpaired) electrons. The van der Waals surface area contributed by atoms with Crippen molar-refractivity contribution in [2.24, 2.45) is 0 Å². The van der Waals surface area contributed by atoms with Crippen molar-refractivity contribution in [1.29, 1.82) is 0 Å². The molecule has 51 heavy (non-hydrogen) atoms. The molecule has 238 valence electrons. The Bertz CT molecular complexity index is 2840. The van der Waals surface area contributed by atoms with E-state index in [1.54, 1.807) is 0 Å². The van der Waals surface area contributed by atoms with Gasteiger partial charge in [-0.25, -0.2) is 19.9 Å². The van der Waals surface area contributed by atoms with Crippen LogP contribution in [0.25, 0.3) is 100 Å². The van der Waals surface area contributed by atoms with E-state index in [4.69, 9.17) is 24.4 Å². The molecule has 10 rings (SSSR count). The van der Waals surface area contributed by atoms with Gasteiger partial charge < -0.3 is 4.42 Å². The Morgan fingerprint density at radius 2 is 0.882 bits per heavy atom. The first kappa shape index (κ1) is 29.0. The Balaban J connectivity index is 1.15.